The summed E-state index contributed by atoms with van der Waals surface area (Å²) < 4.78 is 5.40. The number of pyridine rings is 1. The van der Waals surface area contributed by atoms with Crippen molar-refractivity contribution in [2.45, 2.75) is 13.8 Å². The van der Waals surface area contributed by atoms with Crippen LogP contribution in [0.4, 0.5) is 0 Å². The van der Waals surface area contributed by atoms with E-state index in [9.17, 15) is 9.59 Å². The number of rotatable bonds is 3. The lowest BCUT2D eigenvalue weighted by atomic mass is 9.90. The predicted molar refractivity (Wildman–Crippen MR) is 79.5 cm³/mol. The second-order valence-corrected chi connectivity index (χ2v) is 5.21. The van der Waals surface area contributed by atoms with Crippen LogP contribution in [0.2, 0.25) is 0 Å². The first-order chi connectivity index (χ1) is 10.5. The van der Waals surface area contributed by atoms with Gasteiger partial charge < -0.3 is 4.42 Å². The fraction of sp³-hybridized carbons (Fsp3) is 0.250. The van der Waals surface area contributed by atoms with E-state index in [2.05, 4.69) is 10.1 Å². The number of carbonyl (C=O) groups excluding carboxylic acids is 2. The Hall–Kier alpha value is -2.76. The van der Waals surface area contributed by atoms with Crippen LogP contribution < -0.4 is 0 Å². The number of aromatic nitrogens is 1. The Morgan fingerprint density at radius 1 is 1.27 bits per heavy atom. The molecule has 3 rings (SSSR count). The zero-order valence-corrected chi connectivity index (χ0v) is 12.5. The molecule has 6 nitrogen and oxygen atoms in total. The Bertz CT molecular complexity index is 777. The first kappa shape index (κ1) is 14.2. The normalized spacial score (nSPS) is 17.8. The van der Waals surface area contributed by atoms with Crippen LogP contribution in [-0.4, -0.2) is 34.4 Å². The highest BCUT2D eigenvalue weighted by Crippen LogP contribution is 2.26. The molecule has 1 amide bonds. The van der Waals surface area contributed by atoms with Gasteiger partial charge in [0.25, 0.3) is 5.91 Å². The third kappa shape index (κ3) is 2.22. The average Bonchev–Trinajstić information content (AvgIpc) is 2.99. The highest BCUT2D eigenvalue weighted by atomic mass is 16.3. The molecule has 112 valence electrons. The molecule has 0 spiro atoms. The summed E-state index contributed by atoms with van der Waals surface area (Å²) in [6, 6.07) is 5.13. The van der Waals surface area contributed by atoms with Crippen LogP contribution in [0.15, 0.2) is 40.1 Å². The SMILES string of the molecule is Cc1cc(C(=O)[C@H]2C(=O)N(C)N=C2c2ccncc2)c(C)o1. The topological polar surface area (TPSA) is 75.8 Å². The lowest BCUT2D eigenvalue weighted by molar-refractivity contribution is -0.129. The molecule has 0 N–H and O–H groups in total. The van der Waals surface area contributed by atoms with Crippen molar-refractivity contribution in [2.24, 2.45) is 11.0 Å². The van der Waals surface area contributed by atoms with Crippen LogP contribution in [0.1, 0.15) is 27.4 Å². The van der Waals surface area contributed by atoms with Crippen LogP contribution in [-0.2, 0) is 4.79 Å². The Balaban J connectivity index is 2.04. The Morgan fingerprint density at radius 2 is 1.95 bits per heavy atom. The zero-order valence-electron chi connectivity index (χ0n) is 12.5. The van der Waals surface area contributed by atoms with E-state index < -0.39 is 5.92 Å². The molecule has 0 fully saturated rings. The fourth-order valence-electron chi connectivity index (χ4n) is 2.59. The molecule has 22 heavy (non-hydrogen) atoms. The van der Waals surface area contributed by atoms with Gasteiger partial charge in [-0.3, -0.25) is 14.6 Å². The lowest BCUT2D eigenvalue weighted by Crippen LogP contribution is -2.32. The Labute approximate surface area is 127 Å². The molecule has 6 heteroatoms. The second-order valence-electron chi connectivity index (χ2n) is 5.21. The molecule has 1 aliphatic rings. The predicted octanol–water partition coefficient (Wildman–Crippen LogP) is 1.97. The third-order valence-electron chi connectivity index (χ3n) is 3.64. The van der Waals surface area contributed by atoms with Gasteiger partial charge in [-0.25, -0.2) is 5.01 Å². The van der Waals surface area contributed by atoms with Crippen LogP contribution >= 0.6 is 0 Å². The summed E-state index contributed by atoms with van der Waals surface area (Å²) in [7, 11) is 1.55. The maximum atomic E-state index is 12.8. The summed E-state index contributed by atoms with van der Waals surface area (Å²) in [6.07, 6.45) is 3.21. The minimum atomic E-state index is -0.942. The minimum Gasteiger partial charge on any atom is -0.466 e. The van der Waals surface area contributed by atoms with Crippen molar-refractivity contribution in [3.63, 3.8) is 0 Å². The molecule has 0 radical (unpaired) electrons. The van der Waals surface area contributed by atoms with Crippen molar-refractivity contribution in [1.82, 2.24) is 9.99 Å². The molecule has 3 heterocycles. The number of furan rings is 1. The van der Waals surface area contributed by atoms with Gasteiger partial charge in [0, 0.05) is 25.0 Å². The first-order valence-electron chi connectivity index (χ1n) is 6.86. The molecule has 1 aliphatic heterocycles. The Kier molecular flexibility index (Phi) is 3.36. The maximum Gasteiger partial charge on any atom is 0.259 e. The number of Topliss-reactive ketones (excluding diaryl/α,β-unsaturated/α-hetero) is 1. The second kappa shape index (κ2) is 5.22. The zero-order chi connectivity index (χ0) is 15.9. The average molecular weight is 297 g/mol. The van der Waals surface area contributed by atoms with E-state index >= 15 is 0 Å². The minimum absolute atomic E-state index is 0.292. The van der Waals surface area contributed by atoms with Crippen molar-refractivity contribution in [3.05, 3.63) is 53.2 Å². The number of hydrogen-bond acceptors (Lipinski definition) is 5. The van der Waals surface area contributed by atoms with Gasteiger partial charge in [0.15, 0.2) is 5.78 Å². The summed E-state index contributed by atoms with van der Waals surface area (Å²) in [4.78, 5) is 29.1. The van der Waals surface area contributed by atoms with E-state index in [0.29, 0.717) is 28.4 Å². The van der Waals surface area contributed by atoms with Gasteiger partial charge >= 0.3 is 0 Å². The highest BCUT2D eigenvalue weighted by molar-refractivity contribution is 6.31. The van der Waals surface area contributed by atoms with E-state index in [1.807, 2.05) is 0 Å². The van der Waals surface area contributed by atoms with Gasteiger partial charge in [-0.05, 0) is 32.0 Å². The summed E-state index contributed by atoms with van der Waals surface area (Å²) in [5.74, 6) is -0.418. The van der Waals surface area contributed by atoms with Gasteiger partial charge in [-0.15, -0.1) is 0 Å². The molecule has 2 aromatic rings. The van der Waals surface area contributed by atoms with E-state index in [0.717, 1.165) is 0 Å². The number of carbonyl (C=O) groups is 2. The quantitative estimate of drug-likeness (QED) is 0.641. The van der Waals surface area contributed by atoms with Crippen molar-refractivity contribution in [1.29, 1.82) is 0 Å². The molecule has 0 aromatic carbocycles. The number of hydrazone groups is 1. The number of aryl methyl sites for hydroxylation is 2. The van der Waals surface area contributed by atoms with Crippen LogP contribution in [0.3, 0.4) is 0 Å². The standard InChI is InChI=1S/C16H15N3O3/c1-9-8-12(10(2)22-9)15(20)13-14(18-19(3)16(13)21)11-4-6-17-7-5-11/h4-8,13H,1-3H3/t13-/m0/s1. The molecule has 0 aliphatic carbocycles. The maximum absolute atomic E-state index is 12.8. The van der Waals surface area contributed by atoms with E-state index in [1.165, 1.54) is 5.01 Å². The summed E-state index contributed by atoms with van der Waals surface area (Å²) in [6.45, 7) is 3.48. The third-order valence-corrected chi connectivity index (χ3v) is 3.64. The number of nitrogens with zero attached hydrogens (tertiary/aromatic N) is 3. The first-order valence-corrected chi connectivity index (χ1v) is 6.86. The molecular formula is C16H15N3O3. The smallest absolute Gasteiger partial charge is 0.259 e. The molecule has 1 atom stereocenters. The van der Waals surface area contributed by atoms with Gasteiger partial charge in [-0.2, -0.15) is 5.10 Å². The summed E-state index contributed by atoms with van der Waals surface area (Å²) in [5, 5.41) is 5.43. The summed E-state index contributed by atoms with van der Waals surface area (Å²) >= 11 is 0. The van der Waals surface area contributed by atoms with E-state index in [4.69, 9.17) is 4.42 Å². The molecular weight excluding hydrogens is 282 g/mol. The van der Waals surface area contributed by atoms with Gasteiger partial charge in [0.05, 0.1) is 11.3 Å². The molecule has 0 saturated carbocycles. The number of hydrogen-bond donors (Lipinski definition) is 0. The van der Waals surface area contributed by atoms with Crippen LogP contribution in [0, 0.1) is 19.8 Å². The van der Waals surface area contributed by atoms with Crippen molar-refractivity contribution in [3.8, 4) is 0 Å². The van der Waals surface area contributed by atoms with Crippen molar-refractivity contribution >= 4 is 17.4 Å². The fourth-order valence-corrected chi connectivity index (χ4v) is 2.59. The molecule has 0 bridgehead atoms. The largest absolute Gasteiger partial charge is 0.466 e. The van der Waals surface area contributed by atoms with Gasteiger partial charge in [-0.1, -0.05) is 0 Å². The molecule has 0 unspecified atom stereocenters. The summed E-state index contributed by atoms with van der Waals surface area (Å²) in [5.41, 5.74) is 1.58. The number of amides is 1. The Morgan fingerprint density at radius 3 is 2.55 bits per heavy atom. The molecule has 2 aromatic heterocycles. The van der Waals surface area contributed by atoms with E-state index in [-0.39, 0.29) is 11.7 Å². The lowest BCUT2D eigenvalue weighted by Gasteiger charge is -2.10. The van der Waals surface area contributed by atoms with Crippen LogP contribution in [0.5, 0.6) is 0 Å². The van der Waals surface area contributed by atoms with Crippen LogP contribution in [0.25, 0.3) is 0 Å². The monoisotopic (exact) mass is 297 g/mol. The van der Waals surface area contributed by atoms with Crippen molar-refractivity contribution < 1.29 is 14.0 Å². The van der Waals surface area contributed by atoms with Gasteiger partial charge in [0.2, 0.25) is 0 Å². The van der Waals surface area contributed by atoms with Crippen molar-refractivity contribution in [2.75, 3.05) is 7.05 Å². The highest BCUT2D eigenvalue weighted by Gasteiger charge is 2.41. The van der Waals surface area contributed by atoms with Gasteiger partial charge in [0.1, 0.15) is 17.4 Å². The molecule has 0 saturated heterocycles. The van der Waals surface area contributed by atoms with E-state index in [1.54, 1.807) is 51.5 Å². The number of ketones is 1.